The lowest BCUT2D eigenvalue weighted by Crippen LogP contribution is -2.11. The van der Waals surface area contributed by atoms with Crippen molar-refractivity contribution in [1.82, 2.24) is 9.78 Å². The zero-order chi connectivity index (χ0) is 11.0. The van der Waals surface area contributed by atoms with Crippen LogP contribution in [0.3, 0.4) is 0 Å². The molecule has 15 heavy (non-hydrogen) atoms. The maximum Gasteiger partial charge on any atom is 0.135 e. The number of fused-ring (bicyclic) bond motifs is 1. The van der Waals surface area contributed by atoms with Gasteiger partial charge >= 0.3 is 0 Å². The number of halogens is 1. The molecule has 5 heteroatoms. The standard InChI is InChI=1S/C10H12BrN3O/c1-14-8-3-2-6(9(15)5-12)4-7(8)10(11)13-14/h2-4,9,15H,5,12H2,1H3. The molecule has 0 amide bonds. The molecule has 2 aromatic rings. The Kier molecular flexibility index (Phi) is 2.77. The number of aryl methyl sites for hydroxylation is 1. The first kappa shape index (κ1) is 10.6. The number of aliphatic hydroxyl groups is 1. The van der Waals surface area contributed by atoms with Crippen molar-refractivity contribution in [2.24, 2.45) is 12.8 Å². The Hall–Kier alpha value is -0.910. The van der Waals surface area contributed by atoms with Crippen molar-refractivity contribution in [2.45, 2.75) is 6.10 Å². The molecule has 2 rings (SSSR count). The molecule has 80 valence electrons. The highest BCUT2D eigenvalue weighted by Crippen LogP contribution is 2.25. The van der Waals surface area contributed by atoms with Crippen molar-refractivity contribution in [3.63, 3.8) is 0 Å². The third kappa shape index (κ3) is 1.78. The van der Waals surface area contributed by atoms with Crippen molar-refractivity contribution in [3.05, 3.63) is 28.4 Å². The highest BCUT2D eigenvalue weighted by atomic mass is 79.9. The van der Waals surface area contributed by atoms with E-state index in [0.29, 0.717) is 0 Å². The number of nitrogens with two attached hydrogens (primary N) is 1. The highest BCUT2D eigenvalue weighted by Gasteiger charge is 2.10. The Labute approximate surface area is 95.8 Å². The zero-order valence-corrected chi connectivity index (χ0v) is 9.90. The minimum absolute atomic E-state index is 0.226. The average Bonchev–Trinajstić information content (AvgIpc) is 2.53. The van der Waals surface area contributed by atoms with Crippen LogP contribution in [0.4, 0.5) is 0 Å². The van der Waals surface area contributed by atoms with Crippen LogP contribution in [0.2, 0.25) is 0 Å². The molecule has 3 N–H and O–H groups in total. The largest absolute Gasteiger partial charge is 0.387 e. The van der Waals surface area contributed by atoms with Crippen molar-refractivity contribution >= 4 is 26.8 Å². The molecule has 0 radical (unpaired) electrons. The monoisotopic (exact) mass is 269 g/mol. The predicted molar refractivity (Wildman–Crippen MR) is 62.4 cm³/mol. The van der Waals surface area contributed by atoms with Gasteiger partial charge in [0.25, 0.3) is 0 Å². The van der Waals surface area contributed by atoms with Gasteiger partial charge in [-0.3, -0.25) is 4.68 Å². The van der Waals surface area contributed by atoms with E-state index in [1.54, 1.807) is 4.68 Å². The third-order valence-corrected chi connectivity index (χ3v) is 3.02. The molecule has 0 aliphatic heterocycles. The molecule has 0 fully saturated rings. The molecule has 0 aliphatic rings. The van der Waals surface area contributed by atoms with Crippen LogP contribution >= 0.6 is 15.9 Å². The lowest BCUT2D eigenvalue weighted by molar-refractivity contribution is 0.187. The molecule has 1 aromatic heterocycles. The summed E-state index contributed by atoms with van der Waals surface area (Å²) in [5, 5.41) is 14.8. The summed E-state index contributed by atoms with van der Waals surface area (Å²) < 4.78 is 2.57. The number of aliphatic hydroxyl groups excluding tert-OH is 1. The summed E-state index contributed by atoms with van der Waals surface area (Å²) in [7, 11) is 1.88. The SMILES string of the molecule is Cn1nc(Br)c2cc(C(O)CN)ccc21. The Morgan fingerprint density at radius 1 is 1.60 bits per heavy atom. The highest BCUT2D eigenvalue weighted by molar-refractivity contribution is 9.10. The number of hydrogen-bond acceptors (Lipinski definition) is 3. The minimum Gasteiger partial charge on any atom is -0.387 e. The van der Waals surface area contributed by atoms with E-state index in [1.807, 2.05) is 25.2 Å². The van der Waals surface area contributed by atoms with Crippen molar-refractivity contribution < 1.29 is 5.11 Å². The molecular formula is C10H12BrN3O. The molecule has 1 aromatic carbocycles. The van der Waals surface area contributed by atoms with Gasteiger partial charge in [-0.25, -0.2) is 0 Å². The first-order chi connectivity index (χ1) is 7.13. The van der Waals surface area contributed by atoms with Gasteiger partial charge in [0.1, 0.15) is 4.60 Å². The fourth-order valence-electron chi connectivity index (χ4n) is 1.58. The quantitative estimate of drug-likeness (QED) is 0.865. The van der Waals surface area contributed by atoms with Crippen LogP contribution in [0.25, 0.3) is 10.9 Å². The molecule has 1 atom stereocenters. The van der Waals surface area contributed by atoms with Gasteiger partial charge in [0.05, 0.1) is 11.6 Å². The van der Waals surface area contributed by atoms with Crippen LogP contribution in [0, 0.1) is 0 Å². The van der Waals surface area contributed by atoms with Crippen molar-refractivity contribution in [1.29, 1.82) is 0 Å². The van der Waals surface area contributed by atoms with Gasteiger partial charge in [-0.15, -0.1) is 0 Å². The van der Waals surface area contributed by atoms with E-state index in [4.69, 9.17) is 5.73 Å². The van der Waals surface area contributed by atoms with Gasteiger partial charge in [0, 0.05) is 19.0 Å². The maximum absolute atomic E-state index is 9.62. The fraction of sp³-hybridized carbons (Fsp3) is 0.300. The van der Waals surface area contributed by atoms with Gasteiger partial charge in [-0.2, -0.15) is 5.10 Å². The summed E-state index contributed by atoms with van der Waals surface area (Å²) >= 11 is 3.38. The smallest absolute Gasteiger partial charge is 0.135 e. The maximum atomic E-state index is 9.62. The zero-order valence-electron chi connectivity index (χ0n) is 8.31. The second kappa shape index (κ2) is 3.92. The van der Waals surface area contributed by atoms with Gasteiger partial charge in [-0.05, 0) is 33.6 Å². The fourth-order valence-corrected chi connectivity index (χ4v) is 2.14. The van der Waals surface area contributed by atoms with Crippen LogP contribution in [-0.2, 0) is 7.05 Å². The predicted octanol–water partition coefficient (Wildman–Crippen LogP) is 1.33. The van der Waals surface area contributed by atoms with Gasteiger partial charge < -0.3 is 10.8 Å². The van der Waals surface area contributed by atoms with E-state index >= 15 is 0 Å². The Morgan fingerprint density at radius 3 is 3.00 bits per heavy atom. The first-order valence-corrected chi connectivity index (χ1v) is 5.43. The van der Waals surface area contributed by atoms with E-state index in [1.165, 1.54) is 0 Å². The second-order valence-corrected chi connectivity index (χ2v) is 4.19. The number of aromatic nitrogens is 2. The summed E-state index contributed by atoms with van der Waals surface area (Å²) in [5.74, 6) is 0. The minimum atomic E-state index is -0.610. The molecule has 0 saturated carbocycles. The third-order valence-electron chi connectivity index (χ3n) is 2.44. The molecule has 1 unspecified atom stereocenters. The van der Waals surface area contributed by atoms with Crippen molar-refractivity contribution in [2.75, 3.05) is 6.54 Å². The molecule has 0 bridgehead atoms. The van der Waals surface area contributed by atoms with Crippen LogP contribution in [0.15, 0.2) is 22.8 Å². The Bertz CT molecular complexity index is 495. The van der Waals surface area contributed by atoms with Crippen LogP contribution in [0.5, 0.6) is 0 Å². The average molecular weight is 270 g/mol. The van der Waals surface area contributed by atoms with E-state index in [2.05, 4.69) is 21.0 Å². The molecule has 0 saturated heterocycles. The van der Waals surface area contributed by atoms with Crippen LogP contribution < -0.4 is 5.73 Å². The van der Waals surface area contributed by atoms with Gasteiger partial charge in [-0.1, -0.05) is 6.07 Å². The molecular weight excluding hydrogens is 258 g/mol. The normalized spacial score (nSPS) is 13.3. The molecule has 4 nitrogen and oxygen atoms in total. The first-order valence-electron chi connectivity index (χ1n) is 4.63. The second-order valence-electron chi connectivity index (χ2n) is 3.44. The summed E-state index contributed by atoms with van der Waals surface area (Å²) in [6.45, 7) is 0.226. The van der Waals surface area contributed by atoms with E-state index in [9.17, 15) is 5.11 Å². The number of nitrogens with zero attached hydrogens (tertiary/aromatic N) is 2. The molecule has 0 aliphatic carbocycles. The summed E-state index contributed by atoms with van der Waals surface area (Å²) in [6, 6.07) is 5.71. The lowest BCUT2D eigenvalue weighted by atomic mass is 10.1. The summed E-state index contributed by atoms with van der Waals surface area (Å²) in [4.78, 5) is 0. The summed E-state index contributed by atoms with van der Waals surface area (Å²) in [5.41, 5.74) is 7.25. The van der Waals surface area contributed by atoms with Gasteiger partial charge in [0.15, 0.2) is 0 Å². The van der Waals surface area contributed by atoms with E-state index in [-0.39, 0.29) is 6.54 Å². The summed E-state index contributed by atoms with van der Waals surface area (Å²) in [6.07, 6.45) is -0.610. The topological polar surface area (TPSA) is 64.1 Å². The Balaban J connectivity index is 2.60. The van der Waals surface area contributed by atoms with Gasteiger partial charge in [0.2, 0.25) is 0 Å². The Morgan fingerprint density at radius 2 is 2.33 bits per heavy atom. The number of benzene rings is 1. The number of rotatable bonds is 2. The van der Waals surface area contributed by atoms with E-state index in [0.717, 1.165) is 21.1 Å². The molecule has 0 spiro atoms. The lowest BCUT2D eigenvalue weighted by Gasteiger charge is -2.07. The molecule has 1 heterocycles. The van der Waals surface area contributed by atoms with Crippen LogP contribution in [-0.4, -0.2) is 21.4 Å². The number of hydrogen-bond donors (Lipinski definition) is 2. The van der Waals surface area contributed by atoms with Crippen LogP contribution in [0.1, 0.15) is 11.7 Å². The van der Waals surface area contributed by atoms with E-state index < -0.39 is 6.10 Å². The van der Waals surface area contributed by atoms with Crippen molar-refractivity contribution in [3.8, 4) is 0 Å².